The van der Waals surface area contributed by atoms with Gasteiger partial charge < -0.3 is 24.6 Å². The number of carbonyl (C=O) groups is 4. The molecule has 2 aliphatic heterocycles. The number of thiazole rings is 1. The van der Waals surface area contributed by atoms with E-state index in [0.29, 0.717) is 45.9 Å². The van der Waals surface area contributed by atoms with Crippen LogP contribution < -0.4 is 19.5 Å². The molecule has 5 atom stereocenters. The highest BCUT2D eigenvalue weighted by molar-refractivity contribution is 7.91. The van der Waals surface area contributed by atoms with E-state index in [1.807, 2.05) is 19.2 Å². The van der Waals surface area contributed by atoms with Gasteiger partial charge in [0.25, 0.3) is 11.8 Å². The number of alkyl halides is 2. The van der Waals surface area contributed by atoms with Crippen LogP contribution in [0.5, 0.6) is 11.5 Å². The summed E-state index contributed by atoms with van der Waals surface area (Å²) in [6, 6.07) is 5.87. The molecule has 7 rings (SSSR count). The molecular formula is C43H54F2N6O8S2. The van der Waals surface area contributed by atoms with Crippen molar-refractivity contribution in [3.8, 4) is 22.2 Å². The monoisotopic (exact) mass is 884 g/mol. The van der Waals surface area contributed by atoms with E-state index < -0.39 is 86.3 Å². The molecule has 2 saturated carbocycles. The van der Waals surface area contributed by atoms with Crippen molar-refractivity contribution in [1.29, 1.82) is 0 Å². The number of ether oxygens (including phenoxy) is 2. The van der Waals surface area contributed by atoms with Gasteiger partial charge in [-0.3, -0.25) is 23.9 Å². The quantitative estimate of drug-likeness (QED) is 0.188. The molecule has 61 heavy (non-hydrogen) atoms. The number of likely N-dealkylation sites (tertiary alicyclic amines) is 2. The Labute approximate surface area is 358 Å². The van der Waals surface area contributed by atoms with Crippen molar-refractivity contribution in [2.45, 2.75) is 114 Å². The number of hydrogen-bond donors (Lipinski definition) is 2. The number of carbonyl (C=O) groups excluding carboxylic acids is 4. The summed E-state index contributed by atoms with van der Waals surface area (Å²) in [7, 11) is -2.41. The molecule has 4 aliphatic rings. The van der Waals surface area contributed by atoms with Crippen LogP contribution in [-0.2, 0) is 29.2 Å². The Bertz CT molecular complexity index is 2340. The molecule has 2 N–H and O–H groups in total. The highest BCUT2D eigenvalue weighted by Crippen LogP contribution is 2.46. The fourth-order valence-corrected chi connectivity index (χ4v) is 10.5. The van der Waals surface area contributed by atoms with E-state index >= 15 is 0 Å². The number of methoxy groups -OCH3 is 1. The normalized spacial score (nSPS) is 24.3. The number of fused-ring (bicyclic) bond motifs is 1. The molecule has 2 aliphatic carbocycles. The van der Waals surface area contributed by atoms with Gasteiger partial charge >= 0.3 is 0 Å². The number of hydrogen-bond acceptors (Lipinski definition) is 11. The Morgan fingerprint density at radius 1 is 1.13 bits per heavy atom. The number of sulfonamides is 1. The smallest absolute Gasteiger partial charge is 0.265 e. The first-order valence-electron chi connectivity index (χ1n) is 20.7. The van der Waals surface area contributed by atoms with Crippen molar-refractivity contribution in [2.75, 3.05) is 26.7 Å². The summed E-state index contributed by atoms with van der Waals surface area (Å²) >= 11 is 1.44. The van der Waals surface area contributed by atoms with Gasteiger partial charge in [-0.25, -0.2) is 27.2 Å². The van der Waals surface area contributed by atoms with Crippen molar-refractivity contribution in [1.82, 2.24) is 29.8 Å². The Kier molecular flexibility index (Phi) is 12.0. The van der Waals surface area contributed by atoms with Crippen LogP contribution in [0.1, 0.15) is 91.2 Å². The zero-order chi connectivity index (χ0) is 44.2. The predicted molar refractivity (Wildman–Crippen MR) is 226 cm³/mol. The van der Waals surface area contributed by atoms with Gasteiger partial charge in [-0.05, 0) is 49.1 Å². The van der Waals surface area contributed by atoms with Gasteiger partial charge in [0.05, 0.1) is 42.6 Å². The van der Waals surface area contributed by atoms with Gasteiger partial charge in [0.2, 0.25) is 27.7 Å². The lowest BCUT2D eigenvalue weighted by atomic mass is 9.77. The van der Waals surface area contributed by atoms with E-state index in [9.17, 15) is 36.4 Å². The Morgan fingerprint density at radius 3 is 2.48 bits per heavy atom. The number of aromatic nitrogens is 2. The highest BCUT2D eigenvalue weighted by atomic mass is 32.2. The van der Waals surface area contributed by atoms with Crippen LogP contribution in [0.3, 0.4) is 0 Å². The first-order chi connectivity index (χ1) is 28.6. The maximum Gasteiger partial charge on any atom is 0.265 e. The average molecular weight is 885 g/mol. The summed E-state index contributed by atoms with van der Waals surface area (Å²) in [5.74, 6) is -6.24. The maximum atomic E-state index is 14.9. The molecule has 4 heterocycles. The van der Waals surface area contributed by atoms with Crippen LogP contribution in [0.15, 0.2) is 42.3 Å². The van der Waals surface area contributed by atoms with E-state index in [4.69, 9.17) is 19.4 Å². The third kappa shape index (κ3) is 9.39. The minimum absolute atomic E-state index is 0.0401. The fraction of sp³-hybridized carbons (Fsp3) is 0.581. The molecule has 330 valence electrons. The lowest BCUT2D eigenvalue weighted by molar-refractivity contribution is -0.151. The SMILES string of the molecule is C=C[C@@H]1C[C@]1(NC(=O)[C@@H]1C[C@@H](Oc2cc(-c3nc(C(C)C)cs3)nc3cc(OC)ccc23)CN1C(=O)[C@@H](CC(=O)N1CCCC(F)(F)C1)C(C)(C)C)C(=O)NS(=O)(=O)C1CC1. The molecule has 4 fully saturated rings. The predicted octanol–water partition coefficient (Wildman–Crippen LogP) is 5.82. The summed E-state index contributed by atoms with van der Waals surface area (Å²) in [4.78, 5) is 68.9. The fourth-order valence-electron chi connectivity index (χ4n) is 8.20. The molecule has 0 spiro atoms. The van der Waals surface area contributed by atoms with E-state index in [1.54, 1.807) is 52.1 Å². The van der Waals surface area contributed by atoms with Crippen molar-refractivity contribution in [3.05, 3.63) is 48.0 Å². The minimum Gasteiger partial charge on any atom is -0.497 e. The number of rotatable bonds is 14. The van der Waals surface area contributed by atoms with Gasteiger partial charge in [-0.15, -0.1) is 17.9 Å². The van der Waals surface area contributed by atoms with Gasteiger partial charge in [0.15, 0.2) is 0 Å². The summed E-state index contributed by atoms with van der Waals surface area (Å²) in [6.07, 6.45) is 1.02. The molecule has 18 heteroatoms. The van der Waals surface area contributed by atoms with E-state index in [1.165, 1.54) is 22.3 Å². The van der Waals surface area contributed by atoms with Crippen LogP contribution in [-0.4, -0.2) is 107 Å². The van der Waals surface area contributed by atoms with Crippen LogP contribution in [0, 0.1) is 17.3 Å². The lowest BCUT2D eigenvalue weighted by Gasteiger charge is -2.37. The zero-order valence-corrected chi connectivity index (χ0v) is 37.0. The number of pyridine rings is 1. The summed E-state index contributed by atoms with van der Waals surface area (Å²) in [5, 5.41) is 5.38. The van der Waals surface area contributed by atoms with E-state index in [2.05, 4.69) is 16.6 Å². The Balaban J connectivity index is 1.22. The van der Waals surface area contributed by atoms with Gasteiger partial charge in [-0.2, -0.15) is 0 Å². The topological polar surface area (TPSA) is 177 Å². The Morgan fingerprint density at radius 2 is 1.87 bits per heavy atom. The number of piperidine rings is 1. The first kappa shape index (κ1) is 44.3. The third-order valence-electron chi connectivity index (χ3n) is 12.2. The molecular weight excluding hydrogens is 831 g/mol. The number of benzene rings is 1. The van der Waals surface area contributed by atoms with Crippen LogP contribution in [0.2, 0.25) is 0 Å². The molecule has 0 bridgehead atoms. The van der Waals surface area contributed by atoms with E-state index in [0.717, 1.165) is 10.6 Å². The molecule has 0 unspecified atom stereocenters. The second kappa shape index (κ2) is 16.5. The number of nitrogens with zero attached hydrogens (tertiary/aromatic N) is 4. The van der Waals surface area contributed by atoms with E-state index in [-0.39, 0.29) is 51.1 Å². The number of nitrogens with one attached hydrogen (secondary N) is 2. The highest BCUT2D eigenvalue weighted by Gasteiger charge is 2.62. The second-order valence-electron chi connectivity index (χ2n) is 18.2. The van der Waals surface area contributed by atoms with Crippen molar-refractivity contribution < 1.29 is 45.9 Å². The molecule has 2 aromatic heterocycles. The molecule has 2 saturated heterocycles. The second-order valence-corrected chi connectivity index (χ2v) is 21.0. The number of halogens is 2. The standard InChI is InChI=1S/C43H54F2N6O8S2/c1-8-25-20-43(25,40(55)49-61(56,57)28-11-12-28)48-37(53)34-17-27(21-51(34)39(54)30(41(4,5)6)18-36(52)50-15-9-14-42(44,45)23-50)59-35-19-32(38-47-33(22-60-38)24(2)3)46-31-16-26(58-7)10-13-29(31)35/h8,10,13,16,19,22,24-25,27-28,30,34H,1,9,11-12,14-15,17-18,20-21,23H2,2-7H3,(H,48,53)(H,49,55)/t25-,27-,30-,34+,43-/m1/s1. The lowest BCUT2D eigenvalue weighted by Crippen LogP contribution is -2.57. The first-order valence-corrected chi connectivity index (χ1v) is 23.1. The molecule has 14 nitrogen and oxygen atoms in total. The minimum atomic E-state index is -3.96. The van der Waals surface area contributed by atoms with Crippen molar-refractivity contribution in [3.63, 3.8) is 0 Å². The van der Waals surface area contributed by atoms with Crippen LogP contribution >= 0.6 is 11.3 Å². The van der Waals surface area contributed by atoms with Gasteiger partial charge in [0, 0.05) is 54.6 Å². The molecule has 1 aromatic carbocycles. The van der Waals surface area contributed by atoms with Crippen molar-refractivity contribution >= 4 is 55.9 Å². The number of amides is 4. The average Bonchev–Trinajstić information content (AvgIpc) is 4.08. The third-order valence-corrected chi connectivity index (χ3v) is 14.9. The van der Waals surface area contributed by atoms with Gasteiger partial charge in [-0.1, -0.05) is 40.7 Å². The molecule has 4 amide bonds. The Hall–Kier alpha value is -4.71. The van der Waals surface area contributed by atoms with Crippen molar-refractivity contribution in [2.24, 2.45) is 17.3 Å². The zero-order valence-electron chi connectivity index (χ0n) is 35.3. The molecule has 3 aromatic rings. The largest absolute Gasteiger partial charge is 0.497 e. The summed E-state index contributed by atoms with van der Waals surface area (Å²) < 4.78 is 68.9. The summed E-state index contributed by atoms with van der Waals surface area (Å²) in [5.41, 5.74) is -0.473. The van der Waals surface area contributed by atoms with Gasteiger partial charge in [0.1, 0.15) is 39.9 Å². The van der Waals surface area contributed by atoms with Crippen LogP contribution in [0.4, 0.5) is 8.78 Å². The summed E-state index contributed by atoms with van der Waals surface area (Å²) in [6.45, 7) is 12.5. The maximum absolute atomic E-state index is 14.9. The van der Waals surface area contributed by atoms with Crippen LogP contribution in [0.25, 0.3) is 21.6 Å². The molecule has 0 radical (unpaired) electrons.